The van der Waals surface area contributed by atoms with E-state index >= 15 is 0 Å². The first-order valence-corrected chi connectivity index (χ1v) is 7.18. The number of anilines is 1. The lowest BCUT2D eigenvalue weighted by molar-refractivity contribution is -0.117. The topological polar surface area (TPSA) is 84.4 Å². The van der Waals surface area contributed by atoms with Gasteiger partial charge in [0, 0.05) is 25.2 Å². The fraction of sp³-hybridized carbons (Fsp3) is 0.714. The molecule has 1 aliphatic rings. The van der Waals surface area contributed by atoms with E-state index in [1.165, 1.54) is 0 Å². The number of carbonyl (C=O) groups is 1. The standard InChI is InChI=1S/C14H24N4O2/c1-9(2)12-5-14(20-17-12)16-13(19)8-18-6-10(3)4-11(15)7-18/h5,9-11H,4,6-8,15H2,1-3H3,(H,16,19). The minimum absolute atomic E-state index is 0.0854. The van der Waals surface area contributed by atoms with Gasteiger partial charge in [0.05, 0.1) is 12.2 Å². The van der Waals surface area contributed by atoms with Crippen LogP contribution < -0.4 is 11.1 Å². The Bertz CT molecular complexity index is 448. The molecule has 2 rings (SSSR count). The molecule has 3 N–H and O–H groups in total. The van der Waals surface area contributed by atoms with Gasteiger partial charge >= 0.3 is 0 Å². The molecule has 1 aromatic heterocycles. The summed E-state index contributed by atoms with van der Waals surface area (Å²) in [7, 11) is 0. The highest BCUT2D eigenvalue weighted by Gasteiger charge is 2.24. The lowest BCUT2D eigenvalue weighted by Crippen LogP contribution is -2.48. The summed E-state index contributed by atoms with van der Waals surface area (Å²) in [5.74, 6) is 1.14. The smallest absolute Gasteiger partial charge is 0.240 e. The largest absolute Gasteiger partial charge is 0.338 e. The van der Waals surface area contributed by atoms with Crippen molar-refractivity contribution in [2.24, 2.45) is 11.7 Å². The molecule has 0 spiro atoms. The Morgan fingerprint density at radius 3 is 2.95 bits per heavy atom. The Hall–Kier alpha value is -1.40. The van der Waals surface area contributed by atoms with Crippen molar-refractivity contribution in [3.63, 3.8) is 0 Å². The van der Waals surface area contributed by atoms with Gasteiger partial charge in [-0.15, -0.1) is 0 Å². The fourth-order valence-electron chi connectivity index (χ4n) is 2.64. The van der Waals surface area contributed by atoms with Gasteiger partial charge in [-0.25, -0.2) is 0 Å². The second-order valence-electron chi connectivity index (χ2n) is 6.11. The zero-order valence-electron chi connectivity index (χ0n) is 12.4. The summed E-state index contributed by atoms with van der Waals surface area (Å²) in [6, 6.07) is 1.93. The van der Waals surface area contributed by atoms with Gasteiger partial charge in [-0.3, -0.25) is 15.0 Å². The van der Waals surface area contributed by atoms with E-state index in [1.807, 2.05) is 13.8 Å². The highest BCUT2D eigenvalue weighted by molar-refractivity contribution is 5.91. The summed E-state index contributed by atoms with van der Waals surface area (Å²) < 4.78 is 5.10. The molecule has 0 saturated carbocycles. The first kappa shape index (κ1) is 15.0. The number of rotatable bonds is 4. The lowest BCUT2D eigenvalue weighted by Gasteiger charge is -2.34. The SMILES string of the molecule is CC1CC(N)CN(CC(=O)Nc2cc(C(C)C)no2)C1. The van der Waals surface area contributed by atoms with Gasteiger partial charge in [0.2, 0.25) is 11.8 Å². The van der Waals surface area contributed by atoms with Crippen molar-refractivity contribution in [1.82, 2.24) is 10.1 Å². The van der Waals surface area contributed by atoms with Crippen molar-refractivity contribution >= 4 is 11.8 Å². The maximum atomic E-state index is 12.0. The summed E-state index contributed by atoms with van der Waals surface area (Å²) in [5, 5.41) is 6.66. The van der Waals surface area contributed by atoms with E-state index in [-0.39, 0.29) is 17.9 Å². The Morgan fingerprint density at radius 2 is 2.35 bits per heavy atom. The van der Waals surface area contributed by atoms with Crippen LogP contribution in [0.2, 0.25) is 0 Å². The summed E-state index contributed by atoms with van der Waals surface area (Å²) in [6.45, 7) is 8.24. The van der Waals surface area contributed by atoms with Crippen LogP contribution >= 0.6 is 0 Å². The Labute approximate surface area is 119 Å². The first-order valence-electron chi connectivity index (χ1n) is 7.18. The van der Waals surface area contributed by atoms with Gasteiger partial charge in [-0.05, 0) is 18.3 Å². The average Bonchev–Trinajstić information content (AvgIpc) is 2.75. The molecule has 6 heteroatoms. The van der Waals surface area contributed by atoms with Gasteiger partial charge < -0.3 is 10.3 Å². The predicted molar refractivity (Wildman–Crippen MR) is 77.4 cm³/mol. The number of carbonyl (C=O) groups excluding carboxylic acids is 1. The first-order chi connectivity index (χ1) is 9.44. The van der Waals surface area contributed by atoms with Crippen LogP contribution in [-0.4, -0.2) is 41.6 Å². The lowest BCUT2D eigenvalue weighted by atomic mass is 9.97. The summed E-state index contributed by atoms with van der Waals surface area (Å²) >= 11 is 0. The summed E-state index contributed by atoms with van der Waals surface area (Å²) in [6.07, 6.45) is 1.03. The molecule has 1 aromatic rings. The van der Waals surface area contributed by atoms with Gasteiger partial charge in [0.25, 0.3) is 0 Å². The third-order valence-electron chi connectivity index (χ3n) is 3.52. The van der Waals surface area contributed by atoms with Crippen LogP contribution in [0.25, 0.3) is 0 Å². The third-order valence-corrected chi connectivity index (χ3v) is 3.52. The third kappa shape index (κ3) is 4.05. The molecule has 1 fully saturated rings. The van der Waals surface area contributed by atoms with E-state index in [9.17, 15) is 4.79 Å². The van der Waals surface area contributed by atoms with Crippen molar-refractivity contribution in [3.05, 3.63) is 11.8 Å². The number of hydrogen-bond donors (Lipinski definition) is 2. The zero-order valence-corrected chi connectivity index (χ0v) is 12.4. The zero-order chi connectivity index (χ0) is 14.7. The molecular weight excluding hydrogens is 256 g/mol. The molecule has 6 nitrogen and oxygen atoms in total. The monoisotopic (exact) mass is 280 g/mol. The number of hydrogen-bond acceptors (Lipinski definition) is 5. The van der Waals surface area contributed by atoms with Crippen molar-refractivity contribution in [2.45, 2.75) is 39.2 Å². The van der Waals surface area contributed by atoms with Crippen LogP contribution in [0.5, 0.6) is 0 Å². The van der Waals surface area contributed by atoms with Crippen LogP contribution in [0.15, 0.2) is 10.6 Å². The van der Waals surface area contributed by atoms with Crippen molar-refractivity contribution in [3.8, 4) is 0 Å². The number of likely N-dealkylation sites (tertiary alicyclic amines) is 1. The highest BCUT2D eigenvalue weighted by atomic mass is 16.5. The summed E-state index contributed by atoms with van der Waals surface area (Å²) in [4.78, 5) is 14.1. The molecule has 1 saturated heterocycles. The average molecular weight is 280 g/mol. The van der Waals surface area contributed by atoms with Crippen LogP contribution in [0.3, 0.4) is 0 Å². The van der Waals surface area contributed by atoms with Crippen molar-refractivity contribution in [2.75, 3.05) is 25.0 Å². The molecule has 1 amide bonds. The Kier molecular flexibility index (Phi) is 4.77. The number of nitrogens with one attached hydrogen (secondary N) is 1. The Morgan fingerprint density at radius 1 is 1.60 bits per heavy atom. The van der Waals surface area contributed by atoms with Crippen molar-refractivity contribution < 1.29 is 9.32 Å². The van der Waals surface area contributed by atoms with E-state index in [0.717, 1.165) is 25.2 Å². The summed E-state index contributed by atoms with van der Waals surface area (Å²) in [5.41, 5.74) is 6.82. The van der Waals surface area contributed by atoms with Crippen LogP contribution in [0.4, 0.5) is 5.88 Å². The minimum Gasteiger partial charge on any atom is -0.338 e. The molecule has 2 atom stereocenters. The molecule has 112 valence electrons. The molecule has 1 aliphatic heterocycles. The molecule has 2 unspecified atom stereocenters. The number of nitrogens with zero attached hydrogens (tertiary/aromatic N) is 2. The van der Waals surface area contributed by atoms with Gasteiger partial charge in [-0.2, -0.15) is 0 Å². The van der Waals surface area contributed by atoms with E-state index in [1.54, 1.807) is 6.07 Å². The second kappa shape index (κ2) is 6.37. The van der Waals surface area contributed by atoms with Crippen LogP contribution in [0.1, 0.15) is 38.8 Å². The normalized spacial score (nSPS) is 24.1. The molecule has 2 heterocycles. The number of nitrogens with two attached hydrogens (primary N) is 1. The molecule has 0 bridgehead atoms. The maximum absolute atomic E-state index is 12.0. The molecule has 20 heavy (non-hydrogen) atoms. The predicted octanol–water partition coefficient (Wildman–Crippen LogP) is 1.41. The molecule has 0 aliphatic carbocycles. The number of piperidine rings is 1. The van der Waals surface area contributed by atoms with Crippen molar-refractivity contribution in [1.29, 1.82) is 0 Å². The molecular formula is C14H24N4O2. The van der Waals surface area contributed by atoms with Crippen LogP contribution in [0, 0.1) is 5.92 Å². The Balaban J connectivity index is 1.85. The van der Waals surface area contributed by atoms with Crippen LogP contribution in [-0.2, 0) is 4.79 Å². The molecule has 0 aromatic carbocycles. The number of aromatic nitrogens is 1. The van der Waals surface area contributed by atoms with Gasteiger partial charge in [0.1, 0.15) is 0 Å². The number of amides is 1. The second-order valence-corrected chi connectivity index (χ2v) is 6.11. The molecule has 0 radical (unpaired) electrons. The van der Waals surface area contributed by atoms with Gasteiger partial charge in [0.15, 0.2) is 0 Å². The fourth-order valence-corrected chi connectivity index (χ4v) is 2.64. The van der Waals surface area contributed by atoms with Gasteiger partial charge in [-0.1, -0.05) is 25.9 Å². The quantitative estimate of drug-likeness (QED) is 0.871. The van der Waals surface area contributed by atoms with E-state index in [2.05, 4.69) is 22.3 Å². The highest BCUT2D eigenvalue weighted by Crippen LogP contribution is 2.18. The van der Waals surface area contributed by atoms with E-state index in [0.29, 0.717) is 18.3 Å². The van der Waals surface area contributed by atoms with E-state index in [4.69, 9.17) is 10.3 Å². The minimum atomic E-state index is -0.0854. The maximum Gasteiger partial charge on any atom is 0.240 e. The van der Waals surface area contributed by atoms with E-state index < -0.39 is 0 Å².